The second kappa shape index (κ2) is 5.71. The topological polar surface area (TPSA) is 17.0 Å². The lowest BCUT2D eigenvalue weighted by molar-refractivity contribution is 0.619. The summed E-state index contributed by atoms with van der Waals surface area (Å²) in [4.78, 5) is 0. The normalized spacial score (nSPS) is 10.6. The number of hydrogen-bond acceptors (Lipinski definition) is 1. The monoisotopic (exact) mass is 246 g/mol. The molecule has 18 heavy (non-hydrogen) atoms. The Kier molecular flexibility index (Phi) is 4.03. The van der Waals surface area contributed by atoms with E-state index in [0.29, 0.717) is 5.56 Å². The summed E-state index contributed by atoms with van der Waals surface area (Å²) in [5.74, 6) is -0.163. The summed E-state index contributed by atoms with van der Waals surface area (Å²) >= 11 is 0. The Morgan fingerprint density at radius 3 is 2.83 bits per heavy atom. The highest BCUT2D eigenvalue weighted by molar-refractivity contribution is 5.45. The van der Waals surface area contributed by atoms with Gasteiger partial charge in [0.15, 0.2) is 0 Å². The highest BCUT2D eigenvalue weighted by Gasteiger charge is 2.00. The molecule has 2 rings (SSSR count). The van der Waals surface area contributed by atoms with E-state index < -0.39 is 0 Å². The molecule has 1 aromatic heterocycles. The number of halogens is 1. The first-order chi connectivity index (χ1) is 8.69. The van der Waals surface area contributed by atoms with Crippen molar-refractivity contribution in [3.8, 4) is 0 Å². The van der Waals surface area contributed by atoms with Crippen LogP contribution in [0.25, 0.3) is 0 Å². The lowest BCUT2D eigenvalue weighted by atomic mass is 10.2. The third kappa shape index (κ3) is 3.13. The molecule has 0 bridgehead atoms. The van der Waals surface area contributed by atoms with Gasteiger partial charge in [-0.05, 0) is 42.7 Å². The summed E-state index contributed by atoms with van der Waals surface area (Å²) in [7, 11) is 0. The van der Waals surface area contributed by atoms with Gasteiger partial charge in [-0.3, -0.25) is 0 Å². The maximum Gasteiger partial charge on any atom is 0.128 e. The molecule has 2 aromatic rings. The van der Waals surface area contributed by atoms with Gasteiger partial charge in [0.1, 0.15) is 5.82 Å². The first-order valence-corrected chi connectivity index (χ1v) is 6.33. The lowest BCUT2D eigenvalue weighted by Crippen LogP contribution is -1.99. The number of nitrogens with zero attached hydrogens (tertiary/aromatic N) is 1. The molecule has 0 aliphatic carbocycles. The smallest absolute Gasteiger partial charge is 0.128 e. The zero-order valence-corrected chi connectivity index (χ0v) is 10.9. The quantitative estimate of drug-likeness (QED) is 0.845. The number of hydrogen-bond donors (Lipinski definition) is 1. The SMILES string of the molecule is CCCn1ccc(CNc2ccc(C)c(F)c2)c1. The molecule has 2 nitrogen and oxygen atoms in total. The van der Waals surface area contributed by atoms with Gasteiger partial charge < -0.3 is 9.88 Å². The minimum atomic E-state index is -0.163. The van der Waals surface area contributed by atoms with Crippen LogP contribution in [0.15, 0.2) is 36.7 Å². The van der Waals surface area contributed by atoms with Crippen LogP contribution in [0.1, 0.15) is 24.5 Å². The van der Waals surface area contributed by atoms with Gasteiger partial charge in [-0.15, -0.1) is 0 Å². The van der Waals surface area contributed by atoms with E-state index in [0.717, 1.165) is 25.2 Å². The predicted octanol–water partition coefficient (Wildman–Crippen LogP) is 3.96. The average molecular weight is 246 g/mol. The van der Waals surface area contributed by atoms with E-state index in [1.165, 1.54) is 5.56 Å². The van der Waals surface area contributed by atoms with Gasteiger partial charge in [-0.1, -0.05) is 13.0 Å². The van der Waals surface area contributed by atoms with Crippen molar-refractivity contribution in [2.75, 3.05) is 5.32 Å². The van der Waals surface area contributed by atoms with Crippen LogP contribution in [0.4, 0.5) is 10.1 Å². The number of benzene rings is 1. The highest BCUT2D eigenvalue weighted by atomic mass is 19.1. The van der Waals surface area contributed by atoms with Crippen LogP contribution in [-0.4, -0.2) is 4.57 Å². The number of aryl methyl sites for hydroxylation is 2. The van der Waals surface area contributed by atoms with Crippen molar-refractivity contribution >= 4 is 5.69 Å². The fourth-order valence-electron chi connectivity index (χ4n) is 1.90. The van der Waals surface area contributed by atoms with Crippen molar-refractivity contribution in [1.82, 2.24) is 4.57 Å². The Balaban J connectivity index is 1.95. The van der Waals surface area contributed by atoms with E-state index in [1.54, 1.807) is 19.1 Å². The van der Waals surface area contributed by atoms with Crippen LogP contribution < -0.4 is 5.32 Å². The number of rotatable bonds is 5. The molecule has 0 spiro atoms. The molecule has 1 heterocycles. The number of anilines is 1. The molecule has 1 aromatic carbocycles. The first kappa shape index (κ1) is 12.7. The zero-order valence-electron chi connectivity index (χ0n) is 10.9. The molecule has 0 atom stereocenters. The van der Waals surface area contributed by atoms with E-state index in [4.69, 9.17) is 0 Å². The van der Waals surface area contributed by atoms with Crippen molar-refractivity contribution in [3.63, 3.8) is 0 Å². The third-order valence-corrected chi connectivity index (χ3v) is 2.96. The van der Waals surface area contributed by atoms with Gasteiger partial charge in [0, 0.05) is 31.2 Å². The zero-order chi connectivity index (χ0) is 13.0. The van der Waals surface area contributed by atoms with Crippen LogP contribution >= 0.6 is 0 Å². The molecule has 0 saturated carbocycles. The molecule has 96 valence electrons. The highest BCUT2D eigenvalue weighted by Crippen LogP contribution is 2.14. The van der Waals surface area contributed by atoms with Gasteiger partial charge in [0.05, 0.1) is 0 Å². The molecule has 0 amide bonds. The van der Waals surface area contributed by atoms with Gasteiger partial charge >= 0.3 is 0 Å². The second-order valence-corrected chi connectivity index (χ2v) is 4.58. The van der Waals surface area contributed by atoms with Crippen molar-refractivity contribution in [1.29, 1.82) is 0 Å². The molecule has 3 heteroatoms. The van der Waals surface area contributed by atoms with Gasteiger partial charge in [0.25, 0.3) is 0 Å². The van der Waals surface area contributed by atoms with Crippen molar-refractivity contribution in [2.24, 2.45) is 0 Å². The first-order valence-electron chi connectivity index (χ1n) is 6.33. The second-order valence-electron chi connectivity index (χ2n) is 4.58. The summed E-state index contributed by atoms with van der Waals surface area (Å²) < 4.78 is 15.5. The molecular formula is C15H19FN2. The Morgan fingerprint density at radius 1 is 1.28 bits per heavy atom. The van der Waals surface area contributed by atoms with Crippen LogP contribution in [0.3, 0.4) is 0 Å². The molecule has 0 fully saturated rings. The largest absolute Gasteiger partial charge is 0.381 e. The van der Waals surface area contributed by atoms with E-state index >= 15 is 0 Å². The van der Waals surface area contributed by atoms with Gasteiger partial charge in [-0.25, -0.2) is 4.39 Å². The molecular weight excluding hydrogens is 227 g/mol. The fourth-order valence-corrected chi connectivity index (χ4v) is 1.90. The summed E-state index contributed by atoms with van der Waals surface area (Å²) in [6, 6.07) is 7.33. The Hall–Kier alpha value is -1.77. The number of nitrogens with one attached hydrogen (secondary N) is 1. The molecule has 0 unspecified atom stereocenters. The maximum absolute atomic E-state index is 13.4. The summed E-state index contributed by atoms with van der Waals surface area (Å²) in [6.07, 6.45) is 5.34. The van der Waals surface area contributed by atoms with Crippen molar-refractivity contribution in [2.45, 2.75) is 33.4 Å². The Labute approximate surface area is 107 Å². The standard InChI is InChI=1S/C15H19FN2/c1-3-7-18-8-6-13(11-18)10-17-14-5-4-12(2)15(16)9-14/h4-6,8-9,11,17H,3,7,10H2,1-2H3. The minimum absolute atomic E-state index is 0.163. The van der Waals surface area contributed by atoms with E-state index in [2.05, 4.69) is 35.3 Å². The van der Waals surface area contributed by atoms with Crippen molar-refractivity contribution in [3.05, 3.63) is 53.6 Å². The summed E-state index contributed by atoms with van der Waals surface area (Å²) in [6.45, 7) is 5.69. The lowest BCUT2D eigenvalue weighted by Gasteiger charge is -2.06. The van der Waals surface area contributed by atoms with E-state index in [1.807, 2.05) is 6.07 Å². The minimum Gasteiger partial charge on any atom is -0.381 e. The molecule has 1 N–H and O–H groups in total. The van der Waals surface area contributed by atoms with Crippen LogP contribution in [0.5, 0.6) is 0 Å². The van der Waals surface area contributed by atoms with Gasteiger partial charge in [0.2, 0.25) is 0 Å². The number of aromatic nitrogens is 1. The predicted molar refractivity (Wildman–Crippen MR) is 73.2 cm³/mol. The summed E-state index contributed by atoms with van der Waals surface area (Å²) in [5, 5.41) is 3.23. The third-order valence-electron chi connectivity index (χ3n) is 2.96. The van der Waals surface area contributed by atoms with Crippen molar-refractivity contribution < 1.29 is 4.39 Å². The van der Waals surface area contributed by atoms with E-state index in [-0.39, 0.29) is 5.82 Å². The van der Waals surface area contributed by atoms with E-state index in [9.17, 15) is 4.39 Å². The Morgan fingerprint density at radius 2 is 2.11 bits per heavy atom. The molecule has 0 radical (unpaired) electrons. The van der Waals surface area contributed by atoms with Crippen LogP contribution in [0.2, 0.25) is 0 Å². The van der Waals surface area contributed by atoms with Gasteiger partial charge in [-0.2, -0.15) is 0 Å². The fraction of sp³-hybridized carbons (Fsp3) is 0.333. The summed E-state index contributed by atoms with van der Waals surface area (Å²) in [5.41, 5.74) is 2.71. The van der Waals surface area contributed by atoms with Crippen LogP contribution in [0, 0.1) is 12.7 Å². The molecule has 0 aliphatic rings. The maximum atomic E-state index is 13.4. The van der Waals surface area contributed by atoms with Crippen LogP contribution in [-0.2, 0) is 13.1 Å². The molecule has 0 saturated heterocycles. The average Bonchev–Trinajstić information content (AvgIpc) is 2.79. The Bertz CT molecular complexity index is 517. The molecule has 0 aliphatic heterocycles.